The number of benzene rings is 2. The number of para-hydroxylation sites is 1. The van der Waals surface area contributed by atoms with E-state index in [1.165, 1.54) is 6.08 Å². The third kappa shape index (κ3) is 3.93. The minimum atomic E-state index is -0.146. The molecule has 1 aliphatic rings. The summed E-state index contributed by atoms with van der Waals surface area (Å²) in [5.41, 5.74) is 2.13. The molecule has 2 aromatic heterocycles. The molecule has 5 rings (SSSR count). The summed E-state index contributed by atoms with van der Waals surface area (Å²) in [6.45, 7) is 4.75. The van der Waals surface area contributed by atoms with Gasteiger partial charge in [-0.25, -0.2) is 4.79 Å². The Morgan fingerprint density at radius 2 is 1.79 bits per heavy atom. The minimum absolute atomic E-state index is 0.108. The molecule has 1 saturated heterocycles. The number of aromatic nitrogens is 3. The molecule has 0 bridgehead atoms. The summed E-state index contributed by atoms with van der Waals surface area (Å²) in [4.78, 5) is 31.8. The van der Waals surface area contributed by atoms with Crippen LogP contribution in [0.4, 0.5) is 0 Å². The number of rotatable bonds is 5. The Labute approximate surface area is 191 Å². The normalized spacial score (nSPS) is 16.0. The molecule has 0 spiro atoms. The van der Waals surface area contributed by atoms with Gasteiger partial charge < -0.3 is 9.64 Å². The minimum Gasteiger partial charge on any atom is -0.457 e. The number of nitrogens with zero attached hydrogens (tertiary/aromatic N) is 4. The number of carbonyl (C=O) groups excluding carboxylic acids is 1. The van der Waals surface area contributed by atoms with E-state index < -0.39 is 0 Å². The van der Waals surface area contributed by atoms with Gasteiger partial charge in [-0.15, -0.1) is 0 Å². The molecule has 33 heavy (non-hydrogen) atoms. The van der Waals surface area contributed by atoms with Gasteiger partial charge in [-0.2, -0.15) is 0 Å². The van der Waals surface area contributed by atoms with Crippen LogP contribution in [0.25, 0.3) is 16.7 Å². The summed E-state index contributed by atoms with van der Waals surface area (Å²) in [5, 5.41) is 0. The quantitative estimate of drug-likeness (QED) is 0.433. The number of ether oxygens (including phenoxy) is 1. The zero-order chi connectivity index (χ0) is 22.8. The maximum atomic E-state index is 13.7. The van der Waals surface area contributed by atoms with Crippen LogP contribution in [0.3, 0.4) is 0 Å². The van der Waals surface area contributed by atoms with E-state index in [2.05, 4.69) is 11.6 Å². The summed E-state index contributed by atoms with van der Waals surface area (Å²) in [6, 6.07) is 18.7. The van der Waals surface area contributed by atoms with Crippen molar-refractivity contribution in [2.75, 3.05) is 13.1 Å². The highest BCUT2D eigenvalue weighted by Crippen LogP contribution is 2.27. The molecular formula is C26H24N4O3. The Morgan fingerprint density at radius 1 is 1.03 bits per heavy atom. The molecule has 3 heterocycles. The van der Waals surface area contributed by atoms with Gasteiger partial charge >= 0.3 is 5.69 Å². The van der Waals surface area contributed by atoms with Gasteiger partial charge in [0.15, 0.2) is 0 Å². The second-order valence-electron chi connectivity index (χ2n) is 8.05. The fraction of sp³-hybridized carbons (Fsp3) is 0.192. The number of hydrogen-bond acceptors (Lipinski definition) is 4. The van der Waals surface area contributed by atoms with E-state index in [9.17, 15) is 9.59 Å². The molecule has 4 aromatic rings. The van der Waals surface area contributed by atoms with Gasteiger partial charge in [0.25, 0.3) is 0 Å². The van der Waals surface area contributed by atoms with Crippen molar-refractivity contribution in [2.24, 2.45) is 0 Å². The van der Waals surface area contributed by atoms with E-state index in [0.717, 1.165) is 35.3 Å². The van der Waals surface area contributed by atoms with Crippen molar-refractivity contribution < 1.29 is 9.53 Å². The van der Waals surface area contributed by atoms with E-state index in [1.54, 1.807) is 26.4 Å². The van der Waals surface area contributed by atoms with Crippen molar-refractivity contribution in [2.45, 2.75) is 18.9 Å². The molecule has 1 amide bonds. The van der Waals surface area contributed by atoms with Crippen LogP contribution >= 0.6 is 0 Å². The van der Waals surface area contributed by atoms with E-state index in [4.69, 9.17) is 4.74 Å². The third-order valence-corrected chi connectivity index (χ3v) is 6.00. The molecule has 0 radical (unpaired) electrons. The van der Waals surface area contributed by atoms with Crippen LogP contribution in [0.15, 0.2) is 90.5 Å². The Kier molecular flexibility index (Phi) is 5.52. The Morgan fingerprint density at radius 3 is 2.55 bits per heavy atom. The van der Waals surface area contributed by atoms with Gasteiger partial charge in [0.05, 0.1) is 29.0 Å². The number of pyridine rings is 1. The van der Waals surface area contributed by atoms with E-state index >= 15 is 0 Å². The van der Waals surface area contributed by atoms with Crippen molar-refractivity contribution in [1.29, 1.82) is 0 Å². The lowest BCUT2D eigenvalue weighted by molar-refractivity contribution is -0.127. The van der Waals surface area contributed by atoms with Crippen LogP contribution in [0.2, 0.25) is 0 Å². The van der Waals surface area contributed by atoms with Gasteiger partial charge in [-0.05, 0) is 61.4 Å². The maximum Gasteiger partial charge on any atom is 0.334 e. The largest absolute Gasteiger partial charge is 0.457 e. The first-order valence-corrected chi connectivity index (χ1v) is 11.0. The van der Waals surface area contributed by atoms with Gasteiger partial charge in [-0.3, -0.25) is 18.9 Å². The highest BCUT2D eigenvalue weighted by molar-refractivity contribution is 5.87. The van der Waals surface area contributed by atoms with E-state index in [0.29, 0.717) is 18.8 Å². The third-order valence-electron chi connectivity index (χ3n) is 6.00. The molecular weight excluding hydrogens is 416 g/mol. The molecule has 1 fully saturated rings. The number of amides is 1. The molecule has 2 aromatic carbocycles. The molecule has 166 valence electrons. The summed E-state index contributed by atoms with van der Waals surface area (Å²) in [6.07, 6.45) is 6.38. The highest BCUT2D eigenvalue weighted by atomic mass is 16.5. The lowest BCUT2D eigenvalue weighted by Crippen LogP contribution is -2.42. The topological polar surface area (TPSA) is 69.4 Å². The Bertz CT molecular complexity index is 1360. The SMILES string of the molecule is C=CC(=O)N1CCC[C@@H](n2c(=O)n(-c3ccc(Oc4ccccc4)cc3)c3ccncc32)C1. The van der Waals surface area contributed by atoms with Crippen LogP contribution < -0.4 is 10.4 Å². The molecule has 7 nitrogen and oxygen atoms in total. The number of hydrogen-bond donors (Lipinski definition) is 0. The van der Waals surface area contributed by atoms with Crippen LogP contribution in [0.5, 0.6) is 11.5 Å². The number of carbonyl (C=O) groups is 1. The number of imidazole rings is 1. The van der Waals surface area contributed by atoms with Crippen LogP contribution in [-0.2, 0) is 4.79 Å². The summed E-state index contributed by atoms with van der Waals surface area (Å²) >= 11 is 0. The summed E-state index contributed by atoms with van der Waals surface area (Å²) < 4.78 is 9.35. The Balaban J connectivity index is 1.52. The van der Waals surface area contributed by atoms with Gasteiger partial charge in [0.2, 0.25) is 5.91 Å². The highest BCUT2D eigenvalue weighted by Gasteiger charge is 2.27. The van der Waals surface area contributed by atoms with Gasteiger partial charge in [0, 0.05) is 19.3 Å². The number of likely N-dealkylation sites (tertiary alicyclic amines) is 1. The zero-order valence-electron chi connectivity index (χ0n) is 18.1. The number of fused-ring (bicyclic) bond motifs is 1. The first-order valence-electron chi connectivity index (χ1n) is 11.0. The molecule has 0 unspecified atom stereocenters. The second-order valence-corrected chi connectivity index (χ2v) is 8.05. The molecule has 7 heteroatoms. The second kappa shape index (κ2) is 8.78. The lowest BCUT2D eigenvalue weighted by atomic mass is 10.1. The molecule has 0 aliphatic carbocycles. The van der Waals surface area contributed by atoms with Crippen LogP contribution in [0, 0.1) is 0 Å². The van der Waals surface area contributed by atoms with E-state index in [1.807, 2.05) is 60.7 Å². The standard InChI is InChI=1S/C26H24N4O3/c1-2-25(31)28-16-6-7-20(18-28)30-24-17-27-15-14-23(24)29(26(30)32)19-10-12-22(13-11-19)33-21-8-4-3-5-9-21/h2-5,8-15,17,20H,1,6-7,16,18H2/t20-/m1/s1. The smallest absolute Gasteiger partial charge is 0.334 e. The average molecular weight is 441 g/mol. The molecule has 1 aliphatic heterocycles. The predicted molar refractivity (Wildman–Crippen MR) is 127 cm³/mol. The maximum absolute atomic E-state index is 13.7. The van der Waals surface area contributed by atoms with Gasteiger partial charge in [0.1, 0.15) is 11.5 Å². The molecule has 0 N–H and O–H groups in total. The lowest BCUT2D eigenvalue weighted by Gasteiger charge is -2.32. The average Bonchev–Trinajstić information content (AvgIpc) is 3.16. The summed E-state index contributed by atoms with van der Waals surface area (Å²) in [5.74, 6) is 1.33. The van der Waals surface area contributed by atoms with Crippen LogP contribution in [-0.4, -0.2) is 38.0 Å². The van der Waals surface area contributed by atoms with Crippen molar-refractivity contribution in [1.82, 2.24) is 19.0 Å². The van der Waals surface area contributed by atoms with Crippen molar-refractivity contribution in [3.8, 4) is 17.2 Å². The van der Waals surface area contributed by atoms with Crippen molar-refractivity contribution in [3.05, 3.63) is 96.2 Å². The Hall–Kier alpha value is -4.13. The van der Waals surface area contributed by atoms with Crippen molar-refractivity contribution in [3.63, 3.8) is 0 Å². The molecule has 0 saturated carbocycles. The number of piperidine rings is 1. The predicted octanol–water partition coefficient (Wildman–Crippen LogP) is 4.33. The summed E-state index contributed by atoms with van der Waals surface area (Å²) in [7, 11) is 0. The first-order chi connectivity index (χ1) is 16.2. The van der Waals surface area contributed by atoms with Crippen LogP contribution in [0.1, 0.15) is 18.9 Å². The van der Waals surface area contributed by atoms with Gasteiger partial charge in [-0.1, -0.05) is 24.8 Å². The van der Waals surface area contributed by atoms with E-state index in [-0.39, 0.29) is 17.6 Å². The van der Waals surface area contributed by atoms with Crippen molar-refractivity contribution >= 4 is 16.9 Å². The first kappa shape index (κ1) is 20.8. The fourth-order valence-electron chi connectivity index (χ4n) is 4.45. The molecule has 1 atom stereocenters. The monoisotopic (exact) mass is 440 g/mol. The fourth-order valence-corrected chi connectivity index (χ4v) is 4.45. The zero-order valence-corrected chi connectivity index (χ0v) is 18.1.